The Balaban J connectivity index is 1.93. The number of anilines is 1. The Kier molecular flexibility index (Phi) is 5.02. The normalized spacial score (nSPS) is 10.1. The van der Waals surface area contributed by atoms with E-state index in [0.29, 0.717) is 11.6 Å². The number of hydrogen-bond donors (Lipinski definition) is 2. The predicted molar refractivity (Wildman–Crippen MR) is 83.1 cm³/mol. The van der Waals surface area contributed by atoms with E-state index in [-0.39, 0.29) is 6.03 Å². The van der Waals surface area contributed by atoms with E-state index in [1.54, 1.807) is 0 Å². The van der Waals surface area contributed by atoms with Crippen LogP contribution in [0.25, 0.3) is 0 Å². The van der Waals surface area contributed by atoms with Gasteiger partial charge >= 0.3 is 6.03 Å². The third-order valence-electron chi connectivity index (χ3n) is 2.99. The highest BCUT2D eigenvalue weighted by molar-refractivity contribution is 6.30. The van der Waals surface area contributed by atoms with Crippen LogP contribution in [0, 0.1) is 0 Å². The topological polar surface area (TPSA) is 41.1 Å². The monoisotopic (exact) mass is 288 g/mol. The average molecular weight is 289 g/mol. The van der Waals surface area contributed by atoms with Crippen molar-refractivity contribution in [1.29, 1.82) is 0 Å². The quantitative estimate of drug-likeness (QED) is 0.869. The lowest BCUT2D eigenvalue weighted by molar-refractivity contribution is 0.251. The minimum absolute atomic E-state index is 0.217. The Morgan fingerprint density at radius 2 is 1.95 bits per heavy atom. The Morgan fingerprint density at radius 1 is 1.15 bits per heavy atom. The molecule has 0 saturated heterocycles. The maximum atomic E-state index is 11.9. The van der Waals surface area contributed by atoms with Gasteiger partial charge in [0.2, 0.25) is 0 Å². The molecule has 3 nitrogen and oxygen atoms in total. The van der Waals surface area contributed by atoms with Crippen LogP contribution in [0.1, 0.15) is 18.1 Å². The van der Waals surface area contributed by atoms with Crippen LogP contribution in [0.5, 0.6) is 0 Å². The van der Waals surface area contributed by atoms with Crippen molar-refractivity contribution in [3.05, 3.63) is 64.7 Å². The summed E-state index contributed by atoms with van der Waals surface area (Å²) in [4.78, 5) is 11.9. The zero-order valence-corrected chi connectivity index (χ0v) is 12.1. The van der Waals surface area contributed by atoms with Gasteiger partial charge in [-0.05, 0) is 35.7 Å². The van der Waals surface area contributed by atoms with Gasteiger partial charge in [0.15, 0.2) is 0 Å². The van der Waals surface area contributed by atoms with Crippen LogP contribution < -0.4 is 10.6 Å². The molecule has 0 heterocycles. The van der Waals surface area contributed by atoms with Gasteiger partial charge in [-0.3, -0.25) is 0 Å². The van der Waals surface area contributed by atoms with Crippen molar-refractivity contribution in [3.8, 4) is 0 Å². The lowest BCUT2D eigenvalue weighted by Crippen LogP contribution is -2.28. The summed E-state index contributed by atoms with van der Waals surface area (Å²) >= 11 is 5.90. The summed E-state index contributed by atoms with van der Waals surface area (Å²) in [6.07, 6.45) is 0.880. The van der Waals surface area contributed by atoms with Crippen LogP contribution in [0.4, 0.5) is 10.5 Å². The number of carbonyl (C=O) groups excluding carboxylic acids is 1. The van der Waals surface area contributed by atoms with Gasteiger partial charge in [0.05, 0.1) is 0 Å². The van der Waals surface area contributed by atoms with Crippen molar-refractivity contribution >= 4 is 23.3 Å². The number of hydrogen-bond acceptors (Lipinski definition) is 1. The Bertz CT molecular complexity index is 599. The second-order valence-electron chi connectivity index (χ2n) is 4.45. The fourth-order valence-electron chi connectivity index (χ4n) is 1.95. The molecule has 104 valence electrons. The molecular weight excluding hydrogens is 272 g/mol. The van der Waals surface area contributed by atoms with Gasteiger partial charge in [-0.2, -0.15) is 0 Å². The second-order valence-corrected chi connectivity index (χ2v) is 4.88. The molecule has 0 aliphatic rings. The number of carbonyl (C=O) groups is 1. The molecule has 2 N–H and O–H groups in total. The number of urea groups is 1. The van der Waals surface area contributed by atoms with E-state index in [4.69, 9.17) is 11.6 Å². The average Bonchev–Trinajstić information content (AvgIpc) is 2.46. The minimum atomic E-state index is -0.217. The van der Waals surface area contributed by atoms with Crippen molar-refractivity contribution in [2.24, 2.45) is 0 Å². The molecule has 20 heavy (non-hydrogen) atoms. The SMILES string of the molecule is CCc1ccccc1NC(=O)NCc1cccc(Cl)c1. The number of aryl methyl sites for hydroxylation is 1. The van der Waals surface area contributed by atoms with E-state index in [1.807, 2.05) is 48.5 Å². The van der Waals surface area contributed by atoms with E-state index in [9.17, 15) is 4.79 Å². The van der Waals surface area contributed by atoms with E-state index >= 15 is 0 Å². The Labute approximate surface area is 124 Å². The van der Waals surface area contributed by atoms with E-state index in [1.165, 1.54) is 0 Å². The number of amides is 2. The third-order valence-corrected chi connectivity index (χ3v) is 3.22. The minimum Gasteiger partial charge on any atom is -0.334 e. The molecule has 2 rings (SSSR count). The molecular formula is C16H17ClN2O. The standard InChI is InChI=1S/C16H17ClN2O/c1-2-13-7-3-4-9-15(13)19-16(20)18-11-12-6-5-8-14(17)10-12/h3-10H,2,11H2,1H3,(H2,18,19,20). The van der Waals surface area contributed by atoms with Gasteiger partial charge < -0.3 is 10.6 Å². The van der Waals surface area contributed by atoms with Crippen LogP contribution in [0.3, 0.4) is 0 Å². The summed E-state index contributed by atoms with van der Waals surface area (Å²) in [7, 11) is 0. The highest BCUT2D eigenvalue weighted by atomic mass is 35.5. The molecule has 0 aliphatic carbocycles. The van der Waals surface area contributed by atoms with Crippen LogP contribution in [0.2, 0.25) is 5.02 Å². The first kappa shape index (κ1) is 14.4. The van der Waals surface area contributed by atoms with Crippen LogP contribution >= 0.6 is 11.6 Å². The van der Waals surface area contributed by atoms with E-state index in [0.717, 1.165) is 23.2 Å². The summed E-state index contributed by atoms with van der Waals surface area (Å²) in [5.41, 5.74) is 2.93. The van der Waals surface area contributed by atoms with E-state index < -0.39 is 0 Å². The molecule has 2 aromatic carbocycles. The number of para-hydroxylation sites is 1. The summed E-state index contributed by atoms with van der Waals surface area (Å²) in [6.45, 7) is 2.51. The zero-order valence-electron chi connectivity index (χ0n) is 11.3. The number of nitrogens with one attached hydrogen (secondary N) is 2. The van der Waals surface area contributed by atoms with Gasteiger partial charge in [-0.1, -0.05) is 48.9 Å². The molecule has 0 bridgehead atoms. The first-order chi connectivity index (χ1) is 9.69. The van der Waals surface area contributed by atoms with Crippen LogP contribution in [-0.2, 0) is 13.0 Å². The van der Waals surface area contributed by atoms with Crippen molar-refractivity contribution in [3.63, 3.8) is 0 Å². The number of halogens is 1. The first-order valence-electron chi connectivity index (χ1n) is 6.56. The van der Waals surface area contributed by atoms with Gasteiger partial charge in [-0.15, -0.1) is 0 Å². The molecule has 0 spiro atoms. The molecule has 0 radical (unpaired) electrons. The lowest BCUT2D eigenvalue weighted by atomic mass is 10.1. The summed E-state index contributed by atoms with van der Waals surface area (Å²) < 4.78 is 0. The first-order valence-corrected chi connectivity index (χ1v) is 6.94. The third kappa shape index (κ3) is 4.00. The van der Waals surface area contributed by atoms with E-state index in [2.05, 4.69) is 17.6 Å². The Morgan fingerprint density at radius 3 is 2.70 bits per heavy atom. The zero-order chi connectivity index (χ0) is 14.4. The van der Waals surface area contributed by atoms with Crippen molar-refractivity contribution in [2.75, 3.05) is 5.32 Å². The summed E-state index contributed by atoms with van der Waals surface area (Å²) in [5, 5.41) is 6.35. The van der Waals surface area contributed by atoms with Gasteiger partial charge in [0, 0.05) is 17.3 Å². The summed E-state index contributed by atoms with van der Waals surface area (Å²) in [5.74, 6) is 0. The lowest BCUT2D eigenvalue weighted by Gasteiger charge is -2.11. The van der Waals surface area contributed by atoms with Gasteiger partial charge in [0.1, 0.15) is 0 Å². The fraction of sp³-hybridized carbons (Fsp3) is 0.188. The molecule has 4 heteroatoms. The van der Waals surface area contributed by atoms with Crippen molar-refractivity contribution in [2.45, 2.75) is 19.9 Å². The van der Waals surface area contributed by atoms with Gasteiger partial charge in [-0.25, -0.2) is 4.79 Å². The largest absolute Gasteiger partial charge is 0.334 e. The fourth-order valence-corrected chi connectivity index (χ4v) is 2.16. The summed E-state index contributed by atoms with van der Waals surface area (Å²) in [6, 6.07) is 15.0. The maximum Gasteiger partial charge on any atom is 0.319 e. The highest BCUT2D eigenvalue weighted by Crippen LogP contribution is 2.15. The van der Waals surface area contributed by atoms with Crippen molar-refractivity contribution in [1.82, 2.24) is 5.32 Å². The predicted octanol–water partition coefficient (Wildman–Crippen LogP) is 4.22. The molecule has 0 atom stereocenters. The maximum absolute atomic E-state index is 11.9. The number of benzene rings is 2. The van der Waals surface area contributed by atoms with Crippen LogP contribution in [-0.4, -0.2) is 6.03 Å². The molecule has 0 aliphatic heterocycles. The molecule has 0 fully saturated rings. The Hall–Kier alpha value is -2.00. The molecule has 2 aromatic rings. The molecule has 0 unspecified atom stereocenters. The smallest absolute Gasteiger partial charge is 0.319 e. The molecule has 0 aromatic heterocycles. The molecule has 0 saturated carbocycles. The number of rotatable bonds is 4. The second kappa shape index (κ2) is 6.96. The van der Waals surface area contributed by atoms with Crippen molar-refractivity contribution < 1.29 is 4.79 Å². The van der Waals surface area contributed by atoms with Crippen LogP contribution in [0.15, 0.2) is 48.5 Å². The molecule has 2 amide bonds. The highest BCUT2D eigenvalue weighted by Gasteiger charge is 2.05. The van der Waals surface area contributed by atoms with Gasteiger partial charge in [0.25, 0.3) is 0 Å².